The molecule has 1 rings (SSSR count). The molecule has 1 saturated carbocycles. The van der Waals surface area contributed by atoms with Gasteiger partial charge in [0.05, 0.1) is 7.11 Å². The molecule has 0 heterocycles. The molecule has 1 unspecified atom stereocenters. The lowest BCUT2D eigenvalue weighted by Crippen LogP contribution is -2.42. The largest absolute Gasteiger partial charge is 0.468 e. The standard InChI is InChI=1S/C12H18O3/c1-3-4-8-12(11(14)15-2)9-6-5-7-10(12)13/h3H,1,4-9H2,2H3. The van der Waals surface area contributed by atoms with Gasteiger partial charge >= 0.3 is 5.97 Å². The number of allylic oxidation sites excluding steroid dienone is 1. The normalized spacial score (nSPS) is 26.1. The minimum Gasteiger partial charge on any atom is -0.468 e. The molecule has 0 saturated heterocycles. The molecule has 0 spiro atoms. The average Bonchev–Trinajstić information content (AvgIpc) is 2.27. The lowest BCUT2D eigenvalue weighted by atomic mass is 9.70. The van der Waals surface area contributed by atoms with E-state index < -0.39 is 5.41 Å². The van der Waals surface area contributed by atoms with Gasteiger partial charge < -0.3 is 4.74 Å². The van der Waals surface area contributed by atoms with Gasteiger partial charge in [0.25, 0.3) is 0 Å². The fourth-order valence-electron chi connectivity index (χ4n) is 2.22. The number of hydrogen-bond acceptors (Lipinski definition) is 3. The Bertz CT molecular complexity index is 260. The van der Waals surface area contributed by atoms with Crippen molar-refractivity contribution < 1.29 is 14.3 Å². The summed E-state index contributed by atoms with van der Waals surface area (Å²) in [6.07, 6.45) is 5.93. The van der Waals surface area contributed by atoms with E-state index in [1.807, 2.05) is 0 Å². The number of rotatable bonds is 4. The van der Waals surface area contributed by atoms with Gasteiger partial charge in [0.15, 0.2) is 0 Å². The van der Waals surface area contributed by atoms with Gasteiger partial charge in [-0.1, -0.05) is 12.5 Å². The Morgan fingerprint density at radius 1 is 1.60 bits per heavy atom. The molecular weight excluding hydrogens is 192 g/mol. The molecule has 15 heavy (non-hydrogen) atoms. The fraction of sp³-hybridized carbons (Fsp3) is 0.667. The molecule has 1 fully saturated rings. The van der Waals surface area contributed by atoms with Crippen LogP contribution in [0.4, 0.5) is 0 Å². The highest BCUT2D eigenvalue weighted by atomic mass is 16.5. The zero-order valence-electron chi connectivity index (χ0n) is 9.25. The van der Waals surface area contributed by atoms with Crippen LogP contribution >= 0.6 is 0 Å². The molecule has 0 aromatic carbocycles. The number of carbonyl (C=O) groups excluding carboxylic acids is 2. The molecule has 84 valence electrons. The summed E-state index contributed by atoms with van der Waals surface area (Å²) in [6.45, 7) is 3.62. The van der Waals surface area contributed by atoms with Gasteiger partial charge in [-0.2, -0.15) is 0 Å². The molecule has 0 aromatic heterocycles. The molecule has 0 amide bonds. The Morgan fingerprint density at radius 2 is 2.33 bits per heavy atom. The van der Waals surface area contributed by atoms with Crippen molar-refractivity contribution in [3.8, 4) is 0 Å². The second-order valence-electron chi connectivity index (χ2n) is 4.03. The van der Waals surface area contributed by atoms with E-state index in [1.54, 1.807) is 6.08 Å². The first-order chi connectivity index (χ1) is 7.17. The summed E-state index contributed by atoms with van der Waals surface area (Å²) in [5.41, 5.74) is -0.874. The van der Waals surface area contributed by atoms with E-state index in [4.69, 9.17) is 4.74 Å². The molecule has 3 heteroatoms. The van der Waals surface area contributed by atoms with Crippen LogP contribution in [0, 0.1) is 5.41 Å². The fourth-order valence-corrected chi connectivity index (χ4v) is 2.22. The van der Waals surface area contributed by atoms with Crippen LogP contribution in [0.2, 0.25) is 0 Å². The molecule has 0 aliphatic heterocycles. The average molecular weight is 210 g/mol. The van der Waals surface area contributed by atoms with Gasteiger partial charge in [0.1, 0.15) is 11.2 Å². The van der Waals surface area contributed by atoms with Crippen molar-refractivity contribution in [2.45, 2.75) is 38.5 Å². The maximum absolute atomic E-state index is 11.9. The van der Waals surface area contributed by atoms with Gasteiger partial charge in [0.2, 0.25) is 0 Å². The van der Waals surface area contributed by atoms with Gasteiger partial charge in [-0.3, -0.25) is 9.59 Å². The van der Waals surface area contributed by atoms with Gasteiger partial charge in [-0.15, -0.1) is 6.58 Å². The lowest BCUT2D eigenvalue weighted by Gasteiger charge is -2.32. The van der Waals surface area contributed by atoms with Gasteiger partial charge in [-0.25, -0.2) is 0 Å². The third-order valence-corrected chi connectivity index (χ3v) is 3.14. The van der Waals surface area contributed by atoms with E-state index in [2.05, 4.69) is 6.58 Å². The number of ether oxygens (including phenoxy) is 1. The summed E-state index contributed by atoms with van der Waals surface area (Å²) >= 11 is 0. The highest BCUT2D eigenvalue weighted by Crippen LogP contribution is 2.38. The molecule has 0 bridgehead atoms. The number of ketones is 1. The molecule has 0 aromatic rings. The highest BCUT2D eigenvalue weighted by molar-refractivity contribution is 6.04. The minimum absolute atomic E-state index is 0.0439. The first-order valence-corrected chi connectivity index (χ1v) is 5.40. The highest BCUT2D eigenvalue weighted by Gasteiger charge is 2.46. The first-order valence-electron chi connectivity index (χ1n) is 5.40. The van der Waals surface area contributed by atoms with E-state index in [-0.39, 0.29) is 11.8 Å². The van der Waals surface area contributed by atoms with Crippen LogP contribution in [-0.4, -0.2) is 18.9 Å². The quantitative estimate of drug-likeness (QED) is 0.406. The van der Waals surface area contributed by atoms with Crippen LogP contribution in [0.25, 0.3) is 0 Å². The van der Waals surface area contributed by atoms with Crippen LogP contribution < -0.4 is 0 Å². The van der Waals surface area contributed by atoms with Crippen LogP contribution in [0.5, 0.6) is 0 Å². The van der Waals surface area contributed by atoms with Crippen molar-refractivity contribution >= 4 is 11.8 Å². The molecule has 1 atom stereocenters. The maximum Gasteiger partial charge on any atom is 0.319 e. The molecule has 1 aliphatic rings. The molecular formula is C12H18O3. The van der Waals surface area contributed by atoms with Crippen molar-refractivity contribution in [1.82, 2.24) is 0 Å². The van der Waals surface area contributed by atoms with Crippen molar-refractivity contribution in [3.05, 3.63) is 12.7 Å². The third-order valence-electron chi connectivity index (χ3n) is 3.14. The smallest absolute Gasteiger partial charge is 0.319 e. The van der Waals surface area contributed by atoms with Gasteiger partial charge in [0, 0.05) is 6.42 Å². The second kappa shape index (κ2) is 5.10. The Hall–Kier alpha value is -1.12. The van der Waals surface area contributed by atoms with Crippen molar-refractivity contribution in [2.24, 2.45) is 5.41 Å². The number of hydrogen-bond donors (Lipinski definition) is 0. The Labute approximate surface area is 90.5 Å². The first kappa shape index (κ1) is 12.0. The molecule has 3 nitrogen and oxygen atoms in total. The lowest BCUT2D eigenvalue weighted by molar-refractivity contribution is -0.160. The minimum atomic E-state index is -0.874. The number of Topliss-reactive ketones (excluding diaryl/α,β-unsaturated/α-hetero) is 1. The summed E-state index contributed by atoms with van der Waals surface area (Å²) < 4.78 is 4.77. The van der Waals surface area contributed by atoms with E-state index in [0.717, 1.165) is 12.8 Å². The number of methoxy groups -OCH3 is 1. The monoisotopic (exact) mass is 210 g/mol. The maximum atomic E-state index is 11.9. The number of esters is 1. The summed E-state index contributed by atoms with van der Waals surface area (Å²) in [7, 11) is 1.35. The second-order valence-corrected chi connectivity index (χ2v) is 4.03. The SMILES string of the molecule is C=CCCC1(C(=O)OC)CCCCC1=O. The van der Waals surface area contributed by atoms with Crippen LogP contribution in [-0.2, 0) is 14.3 Å². The summed E-state index contributed by atoms with van der Waals surface area (Å²) in [5, 5.41) is 0. The zero-order valence-corrected chi connectivity index (χ0v) is 9.25. The van der Waals surface area contributed by atoms with Crippen molar-refractivity contribution in [2.75, 3.05) is 7.11 Å². The summed E-state index contributed by atoms with van der Waals surface area (Å²) in [4.78, 5) is 23.6. The van der Waals surface area contributed by atoms with Gasteiger partial charge in [-0.05, 0) is 25.7 Å². The van der Waals surface area contributed by atoms with Crippen LogP contribution in [0.15, 0.2) is 12.7 Å². The predicted molar refractivity (Wildman–Crippen MR) is 57.4 cm³/mol. The third kappa shape index (κ3) is 2.28. The van der Waals surface area contributed by atoms with Crippen molar-refractivity contribution in [1.29, 1.82) is 0 Å². The molecule has 1 aliphatic carbocycles. The zero-order chi connectivity index (χ0) is 11.3. The topological polar surface area (TPSA) is 43.4 Å². The molecule has 0 radical (unpaired) electrons. The Balaban J connectivity index is 2.87. The summed E-state index contributed by atoms with van der Waals surface area (Å²) in [6, 6.07) is 0. The van der Waals surface area contributed by atoms with E-state index in [0.29, 0.717) is 25.7 Å². The van der Waals surface area contributed by atoms with Crippen LogP contribution in [0.1, 0.15) is 38.5 Å². The Morgan fingerprint density at radius 3 is 2.87 bits per heavy atom. The van der Waals surface area contributed by atoms with E-state index in [1.165, 1.54) is 7.11 Å². The summed E-state index contributed by atoms with van der Waals surface area (Å²) in [5.74, 6) is -0.323. The van der Waals surface area contributed by atoms with Crippen molar-refractivity contribution in [3.63, 3.8) is 0 Å². The van der Waals surface area contributed by atoms with E-state index >= 15 is 0 Å². The van der Waals surface area contributed by atoms with E-state index in [9.17, 15) is 9.59 Å². The Kier molecular flexibility index (Phi) is 4.06. The van der Waals surface area contributed by atoms with Crippen LogP contribution in [0.3, 0.4) is 0 Å². The molecule has 0 N–H and O–H groups in total. The predicted octanol–water partition coefficient (Wildman–Crippen LogP) is 2.26. The number of carbonyl (C=O) groups is 2.